The molecule has 2 aromatic carbocycles. The molecule has 18 heavy (non-hydrogen) atoms. The van der Waals surface area contributed by atoms with Gasteiger partial charge in [0, 0.05) is 5.92 Å². The van der Waals surface area contributed by atoms with Gasteiger partial charge in [-0.25, -0.2) is 0 Å². The average Bonchev–Trinajstić information content (AvgIpc) is 2.66. The molecule has 1 unspecified atom stereocenters. The molecule has 0 heterocycles. The summed E-state index contributed by atoms with van der Waals surface area (Å²) in [5.74, 6) is 0.660. The zero-order valence-electron chi connectivity index (χ0n) is 10.5. The Labute approximate surface area is 107 Å². The number of benzene rings is 2. The first-order valence-electron chi connectivity index (χ1n) is 6.35. The Balaban J connectivity index is 2.27. The molecule has 0 fully saturated rings. The van der Waals surface area contributed by atoms with Gasteiger partial charge in [-0.1, -0.05) is 24.3 Å². The summed E-state index contributed by atoms with van der Waals surface area (Å²) in [6, 6.07) is 12.1. The molecular weight excluding hydrogens is 222 g/mol. The molecule has 1 atom stereocenters. The molecule has 1 aliphatic rings. The molecule has 0 bridgehead atoms. The van der Waals surface area contributed by atoms with Crippen molar-refractivity contribution in [3.63, 3.8) is 0 Å². The highest BCUT2D eigenvalue weighted by molar-refractivity contribution is 5.81. The molecule has 0 aromatic heterocycles. The molecule has 0 aliphatic heterocycles. The van der Waals surface area contributed by atoms with Gasteiger partial charge < -0.3 is 10.8 Å². The van der Waals surface area contributed by atoms with Gasteiger partial charge >= 0.3 is 0 Å². The minimum Gasteiger partial charge on any atom is -0.508 e. The van der Waals surface area contributed by atoms with Crippen LogP contribution in [0.5, 0.6) is 5.75 Å². The summed E-state index contributed by atoms with van der Waals surface area (Å²) in [6.07, 6.45) is 0.924. The fourth-order valence-electron chi connectivity index (χ4n) is 3.06. The Morgan fingerprint density at radius 2 is 2.00 bits per heavy atom. The number of hydrogen-bond acceptors (Lipinski definition) is 2. The summed E-state index contributed by atoms with van der Waals surface area (Å²) < 4.78 is 0. The van der Waals surface area contributed by atoms with E-state index in [1.807, 2.05) is 12.1 Å². The molecule has 2 nitrogen and oxygen atoms in total. The van der Waals surface area contributed by atoms with Gasteiger partial charge in [0.15, 0.2) is 0 Å². The molecule has 0 saturated carbocycles. The number of rotatable bonds is 2. The van der Waals surface area contributed by atoms with Crippen molar-refractivity contribution in [2.75, 3.05) is 6.54 Å². The van der Waals surface area contributed by atoms with Gasteiger partial charge in [0.2, 0.25) is 0 Å². The highest BCUT2D eigenvalue weighted by atomic mass is 16.3. The minimum absolute atomic E-state index is 0.326. The Hall–Kier alpha value is -1.80. The third kappa shape index (κ3) is 1.53. The number of fused-ring (bicyclic) bond motifs is 3. The highest BCUT2D eigenvalue weighted by Crippen LogP contribution is 2.48. The van der Waals surface area contributed by atoms with Gasteiger partial charge in [-0.15, -0.1) is 0 Å². The summed E-state index contributed by atoms with van der Waals surface area (Å²) in [5.41, 5.74) is 12.2. The van der Waals surface area contributed by atoms with Crippen molar-refractivity contribution in [3.05, 3.63) is 53.1 Å². The normalized spacial score (nSPS) is 16.4. The van der Waals surface area contributed by atoms with Gasteiger partial charge in [0.1, 0.15) is 5.75 Å². The van der Waals surface area contributed by atoms with Crippen LogP contribution in [-0.4, -0.2) is 11.7 Å². The van der Waals surface area contributed by atoms with E-state index in [1.54, 1.807) is 6.07 Å². The third-order valence-corrected chi connectivity index (χ3v) is 3.82. The maximum Gasteiger partial charge on any atom is 0.115 e. The fraction of sp³-hybridized carbons (Fsp3) is 0.250. The zero-order valence-corrected chi connectivity index (χ0v) is 10.5. The van der Waals surface area contributed by atoms with Gasteiger partial charge in [-0.2, -0.15) is 0 Å². The van der Waals surface area contributed by atoms with Gasteiger partial charge in [-0.05, 0) is 59.8 Å². The van der Waals surface area contributed by atoms with E-state index in [1.165, 1.54) is 27.8 Å². The summed E-state index contributed by atoms with van der Waals surface area (Å²) in [4.78, 5) is 0. The van der Waals surface area contributed by atoms with Crippen LogP contribution in [0.2, 0.25) is 0 Å². The average molecular weight is 239 g/mol. The SMILES string of the molecule is Cc1cccc2c1-c1ccc(O)cc1C2CCN. The van der Waals surface area contributed by atoms with E-state index in [0.717, 1.165) is 6.42 Å². The second kappa shape index (κ2) is 4.14. The van der Waals surface area contributed by atoms with Crippen molar-refractivity contribution < 1.29 is 5.11 Å². The predicted molar refractivity (Wildman–Crippen MR) is 73.8 cm³/mol. The Bertz CT molecular complexity index is 604. The zero-order chi connectivity index (χ0) is 12.7. The molecule has 1 aliphatic carbocycles. The predicted octanol–water partition coefficient (Wildman–Crippen LogP) is 3.16. The number of nitrogens with two attached hydrogens (primary N) is 1. The van der Waals surface area contributed by atoms with Crippen LogP contribution >= 0.6 is 0 Å². The topological polar surface area (TPSA) is 46.2 Å². The lowest BCUT2D eigenvalue weighted by Crippen LogP contribution is -2.06. The van der Waals surface area contributed by atoms with E-state index in [2.05, 4.69) is 25.1 Å². The molecule has 3 N–H and O–H groups in total. The molecule has 3 rings (SSSR count). The van der Waals surface area contributed by atoms with Crippen molar-refractivity contribution in [2.24, 2.45) is 5.73 Å². The molecule has 0 amide bonds. The number of hydrogen-bond donors (Lipinski definition) is 2. The van der Waals surface area contributed by atoms with E-state index in [4.69, 9.17) is 5.73 Å². The summed E-state index contributed by atoms with van der Waals surface area (Å²) in [5, 5.41) is 9.70. The lowest BCUT2D eigenvalue weighted by molar-refractivity contribution is 0.474. The number of aromatic hydroxyl groups is 1. The summed E-state index contributed by atoms with van der Waals surface area (Å²) >= 11 is 0. The van der Waals surface area contributed by atoms with Crippen LogP contribution in [0.1, 0.15) is 29.0 Å². The Kier molecular flexibility index (Phi) is 2.60. The van der Waals surface area contributed by atoms with Crippen LogP contribution in [0.3, 0.4) is 0 Å². The van der Waals surface area contributed by atoms with E-state index >= 15 is 0 Å². The van der Waals surface area contributed by atoms with Crippen LogP contribution in [-0.2, 0) is 0 Å². The summed E-state index contributed by atoms with van der Waals surface area (Å²) in [7, 11) is 0. The standard InChI is InChI=1S/C16H17NO/c1-10-3-2-4-13-12(7-8-17)15-9-11(18)5-6-14(15)16(10)13/h2-6,9,12,18H,7-8,17H2,1H3. The maximum atomic E-state index is 9.70. The number of phenols is 1. The van der Waals surface area contributed by atoms with Crippen LogP contribution in [0.4, 0.5) is 0 Å². The van der Waals surface area contributed by atoms with Crippen molar-refractivity contribution in [2.45, 2.75) is 19.3 Å². The Morgan fingerprint density at radius 1 is 1.17 bits per heavy atom. The molecular formula is C16H17NO. The monoisotopic (exact) mass is 239 g/mol. The largest absolute Gasteiger partial charge is 0.508 e. The molecule has 0 radical (unpaired) electrons. The van der Waals surface area contributed by atoms with Crippen molar-refractivity contribution in [1.82, 2.24) is 0 Å². The third-order valence-electron chi connectivity index (χ3n) is 3.82. The minimum atomic E-state index is 0.326. The van der Waals surface area contributed by atoms with Gasteiger partial charge in [-0.3, -0.25) is 0 Å². The van der Waals surface area contributed by atoms with Crippen LogP contribution in [0.25, 0.3) is 11.1 Å². The quantitative estimate of drug-likeness (QED) is 0.845. The van der Waals surface area contributed by atoms with Crippen LogP contribution in [0, 0.1) is 6.92 Å². The smallest absolute Gasteiger partial charge is 0.115 e. The van der Waals surface area contributed by atoms with Crippen LogP contribution in [0.15, 0.2) is 36.4 Å². The van der Waals surface area contributed by atoms with Crippen molar-refractivity contribution in [3.8, 4) is 16.9 Å². The Morgan fingerprint density at radius 3 is 2.78 bits per heavy atom. The second-order valence-corrected chi connectivity index (χ2v) is 4.94. The fourth-order valence-corrected chi connectivity index (χ4v) is 3.06. The molecule has 0 saturated heterocycles. The summed E-state index contributed by atoms with van der Waals surface area (Å²) in [6.45, 7) is 2.80. The first-order valence-corrected chi connectivity index (χ1v) is 6.35. The second-order valence-electron chi connectivity index (χ2n) is 4.94. The molecule has 92 valence electrons. The van der Waals surface area contributed by atoms with Crippen molar-refractivity contribution >= 4 is 0 Å². The highest BCUT2D eigenvalue weighted by Gasteiger charge is 2.29. The molecule has 2 aromatic rings. The molecule has 0 spiro atoms. The van der Waals surface area contributed by atoms with E-state index in [0.29, 0.717) is 18.2 Å². The lowest BCUT2D eigenvalue weighted by Gasteiger charge is -2.12. The van der Waals surface area contributed by atoms with Crippen LogP contribution < -0.4 is 5.73 Å². The molecule has 2 heteroatoms. The van der Waals surface area contributed by atoms with Gasteiger partial charge in [0.25, 0.3) is 0 Å². The number of aryl methyl sites for hydroxylation is 1. The van der Waals surface area contributed by atoms with E-state index in [-0.39, 0.29) is 0 Å². The van der Waals surface area contributed by atoms with E-state index in [9.17, 15) is 5.11 Å². The first-order chi connectivity index (χ1) is 8.72. The lowest BCUT2D eigenvalue weighted by atomic mass is 9.93. The van der Waals surface area contributed by atoms with E-state index < -0.39 is 0 Å². The van der Waals surface area contributed by atoms with Gasteiger partial charge in [0.05, 0.1) is 0 Å². The number of phenolic OH excluding ortho intramolecular Hbond substituents is 1. The van der Waals surface area contributed by atoms with Crippen molar-refractivity contribution in [1.29, 1.82) is 0 Å². The first kappa shape index (κ1) is 11.3. The maximum absolute atomic E-state index is 9.70.